The zero-order valence-electron chi connectivity index (χ0n) is 22.7. The van der Waals surface area contributed by atoms with Crippen molar-refractivity contribution in [3.05, 3.63) is 162 Å². The molecule has 4 aromatic carbocycles. The molecule has 5 aromatic rings. The van der Waals surface area contributed by atoms with Gasteiger partial charge in [0, 0.05) is 11.5 Å². The first kappa shape index (κ1) is 24.8. The van der Waals surface area contributed by atoms with Crippen molar-refractivity contribution in [2.75, 3.05) is 0 Å². The Morgan fingerprint density at radius 2 is 1.21 bits per heavy atom. The molecular formula is C36H33N3. The van der Waals surface area contributed by atoms with Crippen LogP contribution in [0.1, 0.15) is 49.2 Å². The lowest BCUT2D eigenvalue weighted by atomic mass is 9.53. The van der Waals surface area contributed by atoms with Crippen molar-refractivity contribution in [1.82, 2.24) is 15.2 Å². The van der Waals surface area contributed by atoms with Gasteiger partial charge in [0.1, 0.15) is 6.33 Å². The fourth-order valence-electron chi connectivity index (χ4n) is 6.19. The van der Waals surface area contributed by atoms with Crippen molar-refractivity contribution in [2.45, 2.75) is 32.1 Å². The van der Waals surface area contributed by atoms with Crippen LogP contribution < -0.4 is 0 Å². The van der Waals surface area contributed by atoms with Gasteiger partial charge in [0.2, 0.25) is 0 Å². The van der Waals surface area contributed by atoms with Crippen LogP contribution in [-0.4, -0.2) is 15.2 Å². The average molecular weight is 508 g/mol. The van der Waals surface area contributed by atoms with Crippen LogP contribution in [0.25, 0.3) is 16.7 Å². The standard InChI is InChI=1S/C36H33N3/c1-35(2,3)33-24-29(34-37-25-38-39-34)23-32(28-21-19-27(20-22-28)26-13-7-4-8-14-26)36(33,30-15-9-5-10-16-30)31-17-11-6-12-18-31/h4-25,32H,1-3H3,(H,37,38,39). The van der Waals surface area contributed by atoms with Gasteiger partial charge in [-0.15, -0.1) is 0 Å². The highest BCUT2D eigenvalue weighted by molar-refractivity contribution is 5.78. The van der Waals surface area contributed by atoms with Crippen LogP contribution in [0.5, 0.6) is 0 Å². The largest absolute Gasteiger partial charge is 0.259 e. The monoisotopic (exact) mass is 507 g/mol. The number of hydrogen-bond acceptors (Lipinski definition) is 2. The van der Waals surface area contributed by atoms with E-state index in [1.54, 1.807) is 6.33 Å². The molecule has 3 heteroatoms. The predicted octanol–water partition coefficient (Wildman–Crippen LogP) is 8.61. The van der Waals surface area contributed by atoms with E-state index in [-0.39, 0.29) is 11.3 Å². The van der Waals surface area contributed by atoms with Crippen LogP contribution in [0, 0.1) is 5.41 Å². The Balaban J connectivity index is 1.65. The maximum atomic E-state index is 4.55. The Hall–Kier alpha value is -4.50. The van der Waals surface area contributed by atoms with Gasteiger partial charge in [-0.3, -0.25) is 5.10 Å². The number of allylic oxidation sites excluding steroid dienone is 4. The zero-order chi connectivity index (χ0) is 26.9. The lowest BCUT2D eigenvalue weighted by Gasteiger charge is -2.49. The number of rotatable bonds is 5. The molecular weight excluding hydrogens is 474 g/mol. The second-order valence-electron chi connectivity index (χ2n) is 11.3. The second kappa shape index (κ2) is 9.99. The fraction of sp³-hybridized carbons (Fsp3) is 0.167. The van der Waals surface area contributed by atoms with Crippen molar-refractivity contribution in [2.24, 2.45) is 5.41 Å². The number of hydrogen-bond donors (Lipinski definition) is 1. The number of nitrogens with one attached hydrogen (secondary N) is 1. The van der Waals surface area contributed by atoms with Crippen molar-refractivity contribution >= 4 is 5.57 Å². The minimum Gasteiger partial charge on any atom is -0.259 e. The number of aromatic nitrogens is 3. The Morgan fingerprint density at radius 1 is 0.667 bits per heavy atom. The normalized spacial score (nSPS) is 16.8. The van der Waals surface area contributed by atoms with Gasteiger partial charge in [0.15, 0.2) is 5.82 Å². The van der Waals surface area contributed by atoms with E-state index in [4.69, 9.17) is 0 Å². The number of aromatic amines is 1. The van der Waals surface area contributed by atoms with E-state index in [1.807, 2.05) is 0 Å². The van der Waals surface area contributed by atoms with E-state index in [0.717, 1.165) is 11.4 Å². The average Bonchev–Trinajstić information content (AvgIpc) is 3.53. The van der Waals surface area contributed by atoms with Crippen LogP contribution in [0.15, 0.2) is 139 Å². The highest BCUT2D eigenvalue weighted by Gasteiger charge is 2.50. The smallest absolute Gasteiger partial charge is 0.155 e. The van der Waals surface area contributed by atoms with E-state index in [9.17, 15) is 0 Å². The first-order chi connectivity index (χ1) is 19.0. The minimum atomic E-state index is -0.418. The summed E-state index contributed by atoms with van der Waals surface area (Å²) in [7, 11) is 0. The Kier molecular flexibility index (Phi) is 6.36. The third-order valence-electron chi connectivity index (χ3n) is 7.87. The number of nitrogens with zero attached hydrogens (tertiary/aromatic N) is 2. The fourth-order valence-corrected chi connectivity index (χ4v) is 6.19. The number of H-pyrrole nitrogens is 1. The molecule has 1 heterocycles. The molecule has 0 bridgehead atoms. The zero-order valence-corrected chi connectivity index (χ0v) is 22.7. The third kappa shape index (κ3) is 4.44. The van der Waals surface area contributed by atoms with E-state index in [2.05, 4.69) is 163 Å². The summed E-state index contributed by atoms with van der Waals surface area (Å²) >= 11 is 0. The minimum absolute atomic E-state index is 0.0199. The van der Waals surface area contributed by atoms with Gasteiger partial charge in [-0.1, -0.05) is 148 Å². The van der Waals surface area contributed by atoms with Crippen molar-refractivity contribution < 1.29 is 0 Å². The first-order valence-corrected chi connectivity index (χ1v) is 13.5. The van der Waals surface area contributed by atoms with Gasteiger partial charge in [0.05, 0.1) is 5.41 Å². The molecule has 3 nitrogen and oxygen atoms in total. The molecule has 1 N–H and O–H groups in total. The van der Waals surface area contributed by atoms with E-state index in [1.165, 1.54) is 33.4 Å². The van der Waals surface area contributed by atoms with E-state index < -0.39 is 5.41 Å². The molecule has 6 rings (SSSR count). The topological polar surface area (TPSA) is 41.6 Å². The van der Waals surface area contributed by atoms with Crippen molar-refractivity contribution in [3.8, 4) is 11.1 Å². The second-order valence-corrected chi connectivity index (χ2v) is 11.3. The van der Waals surface area contributed by atoms with Gasteiger partial charge < -0.3 is 0 Å². The quantitative estimate of drug-likeness (QED) is 0.259. The lowest BCUT2D eigenvalue weighted by molar-refractivity contribution is 0.388. The lowest BCUT2D eigenvalue weighted by Crippen LogP contribution is -2.42. The Morgan fingerprint density at radius 3 is 1.72 bits per heavy atom. The third-order valence-corrected chi connectivity index (χ3v) is 7.87. The SMILES string of the molecule is CC(C)(C)C1=CC(c2ncn[nH]2)=CC(c2ccc(-c3ccccc3)cc2)C1(c1ccccc1)c1ccccc1. The summed E-state index contributed by atoms with van der Waals surface area (Å²) in [6.07, 6.45) is 6.31. The molecule has 1 aliphatic carbocycles. The van der Waals surface area contributed by atoms with Crippen LogP contribution in [0.4, 0.5) is 0 Å². The molecule has 1 aromatic heterocycles. The molecule has 1 unspecified atom stereocenters. The van der Waals surface area contributed by atoms with Crippen LogP contribution >= 0.6 is 0 Å². The van der Waals surface area contributed by atoms with Crippen molar-refractivity contribution in [3.63, 3.8) is 0 Å². The summed E-state index contributed by atoms with van der Waals surface area (Å²) in [6.45, 7) is 6.95. The molecule has 1 aliphatic rings. The highest BCUT2D eigenvalue weighted by atomic mass is 15.2. The maximum absolute atomic E-state index is 4.55. The van der Waals surface area contributed by atoms with Crippen LogP contribution in [0.2, 0.25) is 0 Å². The molecule has 192 valence electrons. The summed E-state index contributed by atoms with van der Waals surface area (Å²) in [6, 6.07) is 41.6. The summed E-state index contributed by atoms with van der Waals surface area (Å²) in [4.78, 5) is 4.55. The van der Waals surface area contributed by atoms with Crippen LogP contribution in [-0.2, 0) is 5.41 Å². The summed E-state index contributed by atoms with van der Waals surface area (Å²) in [5, 5.41) is 7.29. The molecule has 0 aliphatic heterocycles. The van der Waals surface area contributed by atoms with Crippen LogP contribution in [0.3, 0.4) is 0 Å². The molecule has 0 spiro atoms. The molecule has 39 heavy (non-hydrogen) atoms. The molecule has 1 atom stereocenters. The van der Waals surface area contributed by atoms with E-state index in [0.29, 0.717) is 0 Å². The maximum Gasteiger partial charge on any atom is 0.155 e. The molecule has 0 amide bonds. The highest BCUT2D eigenvalue weighted by Crippen LogP contribution is 2.58. The molecule has 0 saturated heterocycles. The van der Waals surface area contributed by atoms with Crippen molar-refractivity contribution in [1.29, 1.82) is 0 Å². The first-order valence-electron chi connectivity index (χ1n) is 13.5. The van der Waals surface area contributed by atoms with Gasteiger partial charge in [0.25, 0.3) is 0 Å². The number of benzene rings is 4. The summed E-state index contributed by atoms with van der Waals surface area (Å²) in [5.41, 5.74) is 8.12. The predicted molar refractivity (Wildman–Crippen MR) is 160 cm³/mol. The molecule has 0 radical (unpaired) electrons. The summed E-state index contributed by atoms with van der Waals surface area (Å²) in [5.74, 6) is 0.809. The van der Waals surface area contributed by atoms with Gasteiger partial charge in [-0.2, -0.15) is 5.10 Å². The Labute approximate surface area is 231 Å². The molecule has 0 fully saturated rings. The summed E-state index contributed by atoms with van der Waals surface area (Å²) < 4.78 is 0. The van der Waals surface area contributed by atoms with Gasteiger partial charge in [-0.05, 0) is 38.8 Å². The van der Waals surface area contributed by atoms with Gasteiger partial charge >= 0.3 is 0 Å². The van der Waals surface area contributed by atoms with Gasteiger partial charge in [-0.25, -0.2) is 4.98 Å². The van der Waals surface area contributed by atoms with E-state index >= 15 is 0 Å². The molecule has 0 saturated carbocycles. The Bertz CT molecular complexity index is 1550.